The van der Waals surface area contributed by atoms with E-state index in [2.05, 4.69) is 21.5 Å². The Bertz CT molecular complexity index is 883. The van der Waals surface area contributed by atoms with Crippen molar-refractivity contribution in [3.8, 4) is 0 Å². The standard InChI is InChI=1S/C16H16N6O6/c1-9-3-5-11(21(25)26)7-13(9)17-15(23)19-20-16(24)18-14-8-12(22(27)28)6-4-10(14)2/h3-8H,1-2H3,(H2,17,19,23)(H2,18,20,24). The van der Waals surface area contributed by atoms with E-state index in [4.69, 9.17) is 0 Å². The van der Waals surface area contributed by atoms with Crippen LogP contribution in [0.3, 0.4) is 0 Å². The van der Waals surface area contributed by atoms with Gasteiger partial charge in [-0.1, -0.05) is 12.1 Å². The highest BCUT2D eigenvalue weighted by Crippen LogP contribution is 2.22. The van der Waals surface area contributed by atoms with Gasteiger partial charge in [0.2, 0.25) is 0 Å². The van der Waals surface area contributed by atoms with Crippen molar-refractivity contribution < 1.29 is 19.4 Å². The Balaban J connectivity index is 1.95. The molecule has 0 heterocycles. The summed E-state index contributed by atoms with van der Waals surface area (Å²) in [6, 6.07) is 6.22. The van der Waals surface area contributed by atoms with E-state index in [-0.39, 0.29) is 22.7 Å². The summed E-state index contributed by atoms with van der Waals surface area (Å²) in [4.78, 5) is 44.2. The van der Waals surface area contributed by atoms with E-state index in [1.54, 1.807) is 13.8 Å². The van der Waals surface area contributed by atoms with Crippen molar-refractivity contribution in [1.82, 2.24) is 10.9 Å². The van der Waals surface area contributed by atoms with Gasteiger partial charge >= 0.3 is 12.1 Å². The minimum absolute atomic E-state index is 0.198. The molecule has 2 rings (SSSR count). The second-order valence-electron chi connectivity index (χ2n) is 5.67. The molecule has 0 aliphatic carbocycles. The van der Waals surface area contributed by atoms with Crippen molar-refractivity contribution in [2.75, 3.05) is 10.6 Å². The van der Waals surface area contributed by atoms with Gasteiger partial charge in [-0.05, 0) is 25.0 Å². The molecule has 146 valence electrons. The summed E-state index contributed by atoms with van der Waals surface area (Å²) in [5.41, 5.74) is 5.29. The largest absolute Gasteiger partial charge is 0.337 e. The molecular formula is C16H16N6O6. The van der Waals surface area contributed by atoms with Crippen LogP contribution in [0.1, 0.15) is 11.1 Å². The third-order valence-corrected chi connectivity index (χ3v) is 3.65. The zero-order valence-corrected chi connectivity index (χ0v) is 14.8. The molecule has 4 amide bonds. The number of hydrogen-bond acceptors (Lipinski definition) is 6. The number of rotatable bonds is 4. The van der Waals surface area contributed by atoms with Crippen molar-refractivity contribution in [2.45, 2.75) is 13.8 Å². The number of non-ortho nitro benzene ring substituents is 2. The Hall–Kier alpha value is -4.22. The molecule has 4 N–H and O–H groups in total. The zero-order valence-electron chi connectivity index (χ0n) is 14.8. The Morgan fingerprint density at radius 3 is 1.43 bits per heavy atom. The number of nitro groups is 2. The lowest BCUT2D eigenvalue weighted by atomic mass is 10.2. The molecule has 28 heavy (non-hydrogen) atoms. The molecule has 12 heteroatoms. The third-order valence-electron chi connectivity index (χ3n) is 3.65. The maximum atomic E-state index is 11.9. The van der Waals surface area contributed by atoms with Crippen molar-refractivity contribution >= 4 is 34.8 Å². The van der Waals surface area contributed by atoms with E-state index < -0.39 is 21.9 Å². The molecule has 2 aromatic carbocycles. The minimum Gasteiger partial charge on any atom is -0.306 e. The molecular weight excluding hydrogens is 372 g/mol. The normalized spacial score (nSPS) is 9.93. The molecule has 0 aliphatic rings. The average Bonchev–Trinajstić information content (AvgIpc) is 2.63. The van der Waals surface area contributed by atoms with E-state index >= 15 is 0 Å². The maximum Gasteiger partial charge on any atom is 0.337 e. The fourth-order valence-corrected chi connectivity index (χ4v) is 2.14. The monoisotopic (exact) mass is 388 g/mol. The van der Waals surface area contributed by atoms with Crippen LogP contribution in [0.15, 0.2) is 36.4 Å². The van der Waals surface area contributed by atoms with Gasteiger partial charge in [0.25, 0.3) is 11.4 Å². The summed E-state index contributed by atoms with van der Waals surface area (Å²) >= 11 is 0. The third kappa shape index (κ3) is 5.14. The summed E-state index contributed by atoms with van der Waals surface area (Å²) < 4.78 is 0. The number of amides is 4. The highest BCUT2D eigenvalue weighted by Gasteiger charge is 2.13. The molecule has 0 bridgehead atoms. The molecule has 0 radical (unpaired) electrons. The van der Waals surface area contributed by atoms with Gasteiger partial charge in [0.05, 0.1) is 21.2 Å². The zero-order chi connectivity index (χ0) is 20.8. The number of urea groups is 2. The van der Waals surface area contributed by atoms with Crippen LogP contribution in [0.5, 0.6) is 0 Å². The lowest BCUT2D eigenvalue weighted by Gasteiger charge is -2.12. The number of carbonyl (C=O) groups is 2. The first kappa shape index (κ1) is 20.1. The highest BCUT2D eigenvalue weighted by atomic mass is 16.6. The first-order chi connectivity index (χ1) is 13.2. The fourth-order valence-electron chi connectivity index (χ4n) is 2.14. The lowest BCUT2D eigenvalue weighted by molar-refractivity contribution is -0.385. The first-order valence-corrected chi connectivity index (χ1v) is 7.81. The summed E-state index contributed by atoms with van der Waals surface area (Å²) in [5.74, 6) is 0. The van der Waals surface area contributed by atoms with E-state index in [0.29, 0.717) is 11.1 Å². The summed E-state index contributed by atoms with van der Waals surface area (Å²) in [6.45, 7) is 3.29. The summed E-state index contributed by atoms with van der Waals surface area (Å²) in [5, 5.41) is 26.4. The van der Waals surface area contributed by atoms with Crippen molar-refractivity contribution in [1.29, 1.82) is 0 Å². The smallest absolute Gasteiger partial charge is 0.306 e. The number of nitrogens with one attached hydrogen (secondary N) is 4. The highest BCUT2D eigenvalue weighted by molar-refractivity contribution is 5.95. The molecule has 0 saturated heterocycles. The summed E-state index contributed by atoms with van der Waals surface area (Å²) in [6.07, 6.45) is 0. The van der Waals surface area contributed by atoms with E-state index in [9.17, 15) is 29.8 Å². The topological polar surface area (TPSA) is 169 Å². The Labute approximate surface area is 158 Å². The van der Waals surface area contributed by atoms with Crippen LogP contribution in [0.2, 0.25) is 0 Å². The predicted octanol–water partition coefficient (Wildman–Crippen LogP) is 2.98. The van der Waals surface area contributed by atoms with Gasteiger partial charge < -0.3 is 10.6 Å². The molecule has 0 spiro atoms. The summed E-state index contributed by atoms with van der Waals surface area (Å²) in [7, 11) is 0. The molecule has 0 aromatic heterocycles. The minimum atomic E-state index is -0.838. The van der Waals surface area contributed by atoms with Crippen LogP contribution in [-0.2, 0) is 0 Å². The Kier molecular flexibility index (Phi) is 6.06. The van der Waals surface area contributed by atoms with Crippen LogP contribution in [0.4, 0.5) is 32.3 Å². The number of nitrogens with zero attached hydrogens (tertiary/aromatic N) is 2. The van der Waals surface area contributed by atoms with Gasteiger partial charge in [0, 0.05) is 24.3 Å². The Morgan fingerprint density at radius 2 is 1.11 bits per heavy atom. The second kappa shape index (κ2) is 8.44. The van der Waals surface area contributed by atoms with Crippen LogP contribution < -0.4 is 21.5 Å². The molecule has 0 fully saturated rings. The fraction of sp³-hybridized carbons (Fsp3) is 0.125. The molecule has 12 nitrogen and oxygen atoms in total. The van der Waals surface area contributed by atoms with Gasteiger partial charge in [-0.25, -0.2) is 20.4 Å². The lowest BCUT2D eigenvalue weighted by Crippen LogP contribution is -2.46. The number of nitro benzene ring substituents is 2. The number of carbonyl (C=O) groups excluding carboxylic acids is 2. The Morgan fingerprint density at radius 1 is 0.750 bits per heavy atom. The van der Waals surface area contributed by atoms with Gasteiger partial charge in [-0.2, -0.15) is 0 Å². The SMILES string of the molecule is Cc1ccc([N+](=O)[O-])cc1NC(=O)NNC(=O)Nc1cc([N+](=O)[O-])ccc1C. The first-order valence-electron chi connectivity index (χ1n) is 7.81. The molecule has 0 aliphatic heterocycles. The van der Waals surface area contributed by atoms with E-state index in [0.717, 1.165) is 0 Å². The number of hydrazine groups is 1. The van der Waals surface area contributed by atoms with Gasteiger partial charge in [-0.3, -0.25) is 20.2 Å². The number of aryl methyl sites for hydroxylation is 2. The van der Waals surface area contributed by atoms with Crippen LogP contribution in [0, 0.1) is 34.1 Å². The van der Waals surface area contributed by atoms with Gasteiger partial charge in [-0.15, -0.1) is 0 Å². The van der Waals surface area contributed by atoms with Gasteiger partial charge in [0.15, 0.2) is 0 Å². The van der Waals surface area contributed by atoms with Crippen LogP contribution >= 0.6 is 0 Å². The van der Waals surface area contributed by atoms with Crippen molar-refractivity contribution in [3.05, 3.63) is 67.8 Å². The molecule has 2 aromatic rings. The van der Waals surface area contributed by atoms with Crippen LogP contribution in [-0.4, -0.2) is 21.9 Å². The number of benzene rings is 2. The molecule has 0 unspecified atom stereocenters. The van der Waals surface area contributed by atoms with Crippen molar-refractivity contribution in [3.63, 3.8) is 0 Å². The van der Waals surface area contributed by atoms with Crippen LogP contribution in [0.25, 0.3) is 0 Å². The van der Waals surface area contributed by atoms with Crippen molar-refractivity contribution in [2.24, 2.45) is 0 Å². The van der Waals surface area contributed by atoms with Gasteiger partial charge in [0.1, 0.15) is 0 Å². The van der Waals surface area contributed by atoms with E-state index in [1.807, 2.05) is 0 Å². The predicted molar refractivity (Wildman–Crippen MR) is 100.0 cm³/mol. The second-order valence-corrected chi connectivity index (χ2v) is 5.67. The number of hydrogen-bond donors (Lipinski definition) is 4. The number of anilines is 2. The quantitative estimate of drug-likeness (QED) is 0.463. The average molecular weight is 388 g/mol. The maximum absolute atomic E-state index is 11.9. The van der Waals surface area contributed by atoms with E-state index in [1.165, 1.54) is 36.4 Å². The molecule has 0 atom stereocenters. The molecule has 0 saturated carbocycles.